The SMILES string of the molecule is Fc1cc(Nc2ccccc2Cc2ccccc2)ccn1. The van der Waals surface area contributed by atoms with Gasteiger partial charge in [0.15, 0.2) is 0 Å². The third-order valence-electron chi connectivity index (χ3n) is 3.26. The van der Waals surface area contributed by atoms with E-state index in [0.29, 0.717) is 5.69 Å². The van der Waals surface area contributed by atoms with Crippen LogP contribution in [0.5, 0.6) is 0 Å². The van der Waals surface area contributed by atoms with E-state index in [-0.39, 0.29) is 0 Å². The van der Waals surface area contributed by atoms with E-state index in [1.54, 1.807) is 6.07 Å². The maximum atomic E-state index is 13.2. The van der Waals surface area contributed by atoms with Gasteiger partial charge in [0.2, 0.25) is 5.95 Å². The van der Waals surface area contributed by atoms with Gasteiger partial charge in [-0.05, 0) is 29.7 Å². The van der Waals surface area contributed by atoms with Gasteiger partial charge in [0.25, 0.3) is 0 Å². The Balaban J connectivity index is 1.86. The predicted molar refractivity (Wildman–Crippen MR) is 83.2 cm³/mol. The fourth-order valence-electron chi connectivity index (χ4n) is 2.25. The lowest BCUT2D eigenvalue weighted by Crippen LogP contribution is -1.98. The number of hydrogen-bond acceptors (Lipinski definition) is 2. The van der Waals surface area contributed by atoms with Crippen LogP contribution in [-0.4, -0.2) is 4.98 Å². The summed E-state index contributed by atoms with van der Waals surface area (Å²) in [4.78, 5) is 3.56. The predicted octanol–water partition coefficient (Wildman–Crippen LogP) is 4.56. The normalized spacial score (nSPS) is 10.3. The van der Waals surface area contributed by atoms with E-state index in [1.807, 2.05) is 36.4 Å². The van der Waals surface area contributed by atoms with Crippen LogP contribution in [0.2, 0.25) is 0 Å². The molecule has 0 atom stereocenters. The first-order valence-corrected chi connectivity index (χ1v) is 6.82. The summed E-state index contributed by atoms with van der Waals surface area (Å²) in [7, 11) is 0. The van der Waals surface area contributed by atoms with Crippen LogP contribution < -0.4 is 5.32 Å². The lowest BCUT2D eigenvalue weighted by atomic mass is 10.0. The minimum absolute atomic E-state index is 0.486. The summed E-state index contributed by atoms with van der Waals surface area (Å²) >= 11 is 0. The molecule has 0 aliphatic carbocycles. The smallest absolute Gasteiger partial charge is 0.214 e. The molecular weight excluding hydrogens is 263 g/mol. The van der Waals surface area contributed by atoms with Crippen LogP contribution in [0.15, 0.2) is 72.9 Å². The first-order valence-electron chi connectivity index (χ1n) is 6.82. The van der Waals surface area contributed by atoms with Gasteiger partial charge in [-0.15, -0.1) is 0 Å². The summed E-state index contributed by atoms with van der Waals surface area (Å²) in [6.07, 6.45) is 2.29. The highest BCUT2D eigenvalue weighted by molar-refractivity contribution is 5.63. The molecule has 0 saturated heterocycles. The van der Waals surface area contributed by atoms with Crippen LogP contribution >= 0.6 is 0 Å². The molecule has 3 rings (SSSR count). The van der Waals surface area contributed by atoms with Crippen molar-refractivity contribution in [2.24, 2.45) is 0 Å². The van der Waals surface area contributed by atoms with E-state index in [4.69, 9.17) is 0 Å². The Kier molecular flexibility index (Phi) is 3.92. The van der Waals surface area contributed by atoms with Crippen LogP contribution in [0.3, 0.4) is 0 Å². The molecule has 0 bridgehead atoms. The molecule has 1 aromatic heterocycles. The Hall–Kier alpha value is -2.68. The highest BCUT2D eigenvalue weighted by atomic mass is 19.1. The van der Waals surface area contributed by atoms with E-state index in [0.717, 1.165) is 12.1 Å². The van der Waals surface area contributed by atoms with Crippen LogP contribution in [0.1, 0.15) is 11.1 Å². The summed E-state index contributed by atoms with van der Waals surface area (Å²) in [6.45, 7) is 0. The van der Waals surface area contributed by atoms with Gasteiger partial charge in [0, 0.05) is 23.6 Å². The third-order valence-corrected chi connectivity index (χ3v) is 3.26. The molecule has 0 amide bonds. The summed E-state index contributed by atoms with van der Waals surface area (Å²) in [6, 6.07) is 21.5. The number of para-hydroxylation sites is 1. The topological polar surface area (TPSA) is 24.9 Å². The fourth-order valence-corrected chi connectivity index (χ4v) is 2.25. The zero-order valence-corrected chi connectivity index (χ0v) is 11.5. The van der Waals surface area contributed by atoms with Gasteiger partial charge in [-0.25, -0.2) is 4.98 Å². The molecule has 104 valence electrons. The van der Waals surface area contributed by atoms with Gasteiger partial charge in [0.1, 0.15) is 0 Å². The molecule has 0 spiro atoms. The Bertz CT molecular complexity index is 726. The van der Waals surface area contributed by atoms with Crippen molar-refractivity contribution in [3.63, 3.8) is 0 Å². The zero-order valence-electron chi connectivity index (χ0n) is 11.5. The second kappa shape index (κ2) is 6.18. The van der Waals surface area contributed by atoms with E-state index in [1.165, 1.54) is 23.4 Å². The van der Waals surface area contributed by atoms with Crippen LogP contribution in [-0.2, 0) is 6.42 Å². The lowest BCUT2D eigenvalue weighted by molar-refractivity contribution is 0.584. The second-order valence-electron chi connectivity index (χ2n) is 4.81. The molecule has 2 aromatic carbocycles. The van der Waals surface area contributed by atoms with E-state index >= 15 is 0 Å². The number of benzene rings is 2. The Morgan fingerprint density at radius 1 is 0.905 bits per heavy atom. The van der Waals surface area contributed by atoms with Crippen molar-refractivity contribution in [3.8, 4) is 0 Å². The Morgan fingerprint density at radius 2 is 1.67 bits per heavy atom. The average molecular weight is 278 g/mol. The first kappa shape index (κ1) is 13.3. The highest BCUT2D eigenvalue weighted by Gasteiger charge is 2.04. The number of pyridine rings is 1. The summed E-state index contributed by atoms with van der Waals surface area (Å²) in [5, 5.41) is 3.25. The molecule has 3 heteroatoms. The van der Waals surface area contributed by atoms with Crippen LogP contribution in [0.25, 0.3) is 0 Å². The third kappa shape index (κ3) is 3.45. The number of hydrogen-bond donors (Lipinski definition) is 1. The molecule has 0 radical (unpaired) electrons. The number of rotatable bonds is 4. The number of nitrogens with zero attached hydrogens (tertiary/aromatic N) is 1. The van der Waals surface area contributed by atoms with E-state index < -0.39 is 5.95 Å². The molecule has 2 nitrogen and oxygen atoms in total. The second-order valence-corrected chi connectivity index (χ2v) is 4.81. The van der Waals surface area contributed by atoms with Gasteiger partial charge < -0.3 is 5.32 Å². The molecule has 3 aromatic rings. The summed E-state index contributed by atoms with van der Waals surface area (Å²) in [5.41, 5.74) is 4.09. The zero-order chi connectivity index (χ0) is 14.5. The van der Waals surface area contributed by atoms with E-state index in [9.17, 15) is 4.39 Å². The number of nitrogens with one attached hydrogen (secondary N) is 1. The molecule has 0 fully saturated rings. The van der Waals surface area contributed by atoms with Gasteiger partial charge in [-0.1, -0.05) is 48.5 Å². The molecule has 21 heavy (non-hydrogen) atoms. The largest absolute Gasteiger partial charge is 0.355 e. The van der Waals surface area contributed by atoms with Crippen molar-refractivity contribution in [2.45, 2.75) is 6.42 Å². The van der Waals surface area contributed by atoms with Gasteiger partial charge in [-0.2, -0.15) is 4.39 Å². The fraction of sp³-hybridized carbons (Fsp3) is 0.0556. The molecule has 0 aliphatic rings. The van der Waals surface area contributed by atoms with E-state index in [2.05, 4.69) is 28.5 Å². The van der Waals surface area contributed by atoms with Crippen molar-refractivity contribution in [3.05, 3.63) is 90.0 Å². The molecule has 0 unspecified atom stereocenters. The highest BCUT2D eigenvalue weighted by Crippen LogP contribution is 2.23. The van der Waals surface area contributed by atoms with Crippen molar-refractivity contribution < 1.29 is 4.39 Å². The van der Waals surface area contributed by atoms with Crippen molar-refractivity contribution in [1.82, 2.24) is 4.98 Å². The monoisotopic (exact) mass is 278 g/mol. The average Bonchev–Trinajstić information content (AvgIpc) is 2.50. The first-order chi connectivity index (χ1) is 10.3. The lowest BCUT2D eigenvalue weighted by Gasteiger charge is -2.12. The maximum Gasteiger partial charge on any atom is 0.214 e. The molecule has 1 N–H and O–H groups in total. The Morgan fingerprint density at radius 3 is 2.48 bits per heavy atom. The van der Waals surface area contributed by atoms with Crippen molar-refractivity contribution in [1.29, 1.82) is 0 Å². The number of aromatic nitrogens is 1. The van der Waals surface area contributed by atoms with Crippen LogP contribution in [0, 0.1) is 5.95 Å². The summed E-state index contributed by atoms with van der Waals surface area (Å²) < 4.78 is 13.2. The minimum Gasteiger partial charge on any atom is -0.355 e. The maximum absolute atomic E-state index is 13.2. The Labute approximate surface area is 123 Å². The number of halogens is 1. The van der Waals surface area contributed by atoms with Crippen molar-refractivity contribution >= 4 is 11.4 Å². The standard InChI is InChI=1S/C18H15FN2/c19-18-13-16(10-11-20-18)21-17-9-5-4-8-15(17)12-14-6-2-1-3-7-14/h1-11,13H,12H2,(H,20,21). The van der Waals surface area contributed by atoms with Gasteiger partial charge in [0.05, 0.1) is 0 Å². The quantitative estimate of drug-likeness (QED) is 0.708. The van der Waals surface area contributed by atoms with Crippen molar-refractivity contribution in [2.75, 3.05) is 5.32 Å². The molecular formula is C18H15FN2. The van der Waals surface area contributed by atoms with Gasteiger partial charge >= 0.3 is 0 Å². The summed E-state index contributed by atoms with van der Waals surface area (Å²) in [5.74, 6) is -0.486. The van der Waals surface area contributed by atoms with Crippen LogP contribution in [0.4, 0.5) is 15.8 Å². The number of anilines is 2. The molecule has 0 saturated carbocycles. The minimum atomic E-state index is -0.486. The van der Waals surface area contributed by atoms with Gasteiger partial charge in [-0.3, -0.25) is 0 Å². The molecule has 1 heterocycles. The molecule has 0 aliphatic heterocycles.